The van der Waals surface area contributed by atoms with Gasteiger partial charge >= 0.3 is 0 Å². The maximum Gasteiger partial charge on any atom is 0.0526 e. The zero-order chi connectivity index (χ0) is 8.69. The monoisotopic (exact) mass is 159 g/mol. The van der Waals surface area contributed by atoms with Crippen LogP contribution in [0.15, 0.2) is 0 Å². The molecule has 1 saturated heterocycles. The van der Waals surface area contributed by atoms with Crippen molar-refractivity contribution in [1.82, 2.24) is 5.32 Å². The predicted molar refractivity (Wildman–Crippen MR) is 48.7 cm³/mol. The molecule has 0 radical (unpaired) electrons. The summed E-state index contributed by atoms with van der Waals surface area (Å²) < 4.78 is 0. The van der Waals surface area contributed by atoms with Crippen LogP contribution in [0.4, 0.5) is 0 Å². The number of rotatable bonds is 2. The van der Waals surface area contributed by atoms with Gasteiger partial charge in [0.15, 0.2) is 0 Å². The third-order valence-corrected chi connectivity index (χ3v) is 1.79. The Hall–Kier alpha value is -0.0800. The van der Waals surface area contributed by atoms with Gasteiger partial charge in [0.1, 0.15) is 0 Å². The van der Waals surface area contributed by atoms with E-state index in [1.807, 2.05) is 20.8 Å². The average Bonchev–Trinajstić information content (AvgIpc) is 2.43. The Morgan fingerprint density at radius 3 is 2.55 bits per heavy atom. The summed E-state index contributed by atoms with van der Waals surface area (Å²) in [5.41, 5.74) is 0. The summed E-state index contributed by atoms with van der Waals surface area (Å²) in [7, 11) is 0. The Kier molecular flexibility index (Phi) is 6.57. The zero-order valence-electron chi connectivity index (χ0n) is 7.93. The van der Waals surface area contributed by atoms with Gasteiger partial charge in [0.25, 0.3) is 0 Å². The molecule has 1 aliphatic rings. The maximum atomic E-state index is 8.97. The van der Waals surface area contributed by atoms with Crippen LogP contribution >= 0.6 is 0 Å². The average molecular weight is 159 g/mol. The number of hydrogen-bond donors (Lipinski definition) is 2. The van der Waals surface area contributed by atoms with E-state index in [-0.39, 0.29) is 6.10 Å². The lowest BCUT2D eigenvalue weighted by Gasteiger charge is -2.10. The summed E-state index contributed by atoms with van der Waals surface area (Å²) in [5.74, 6) is 0. The van der Waals surface area contributed by atoms with Crippen molar-refractivity contribution in [3.05, 3.63) is 0 Å². The van der Waals surface area contributed by atoms with E-state index in [1.54, 1.807) is 0 Å². The third kappa shape index (κ3) is 5.22. The molecule has 11 heavy (non-hydrogen) atoms. The minimum absolute atomic E-state index is 0.138. The van der Waals surface area contributed by atoms with Gasteiger partial charge in [-0.05, 0) is 32.7 Å². The Morgan fingerprint density at radius 1 is 1.55 bits per heavy atom. The molecule has 0 saturated carbocycles. The van der Waals surface area contributed by atoms with Crippen LogP contribution in [0.2, 0.25) is 0 Å². The minimum Gasteiger partial charge on any atom is -0.393 e. The maximum absolute atomic E-state index is 8.97. The van der Waals surface area contributed by atoms with E-state index in [9.17, 15) is 0 Å². The molecule has 1 rings (SSSR count). The SMILES string of the molecule is CC.CC(O)CC1CCCN1. The Balaban J connectivity index is 0.000000461. The number of nitrogens with one attached hydrogen (secondary N) is 1. The molecule has 0 spiro atoms. The highest BCUT2D eigenvalue weighted by Crippen LogP contribution is 2.09. The highest BCUT2D eigenvalue weighted by molar-refractivity contribution is 4.75. The fraction of sp³-hybridized carbons (Fsp3) is 1.00. The predicted octanol–water partition coefficient (Wildman–Crippen LogP) is 1.54. The summed E-state index contributed by atoms with van der Waals surface area (Å²) in [4.78, 5) is 0. The molecule has 2 atom stereocenters. The van der Waals surface area contributed by atoms with Crippen LogP contribution in [-0.2, 0) is 0 Å². The first-order valence-corrected chi connectivity index (χ1v) is 4.70. The quantitative estimate of drug-likeness (QED) is 0.640. The molecule has 0 aromatic carbocycles. The van der Waals surface area contributed by atoms with Gasteiger partial charge in [0.2, 0.25) is 0 Å². The molecular weight excluding hydrogens is 138 g/mol. The lowest BCUT2D eigenvalue weighted by molar-refractivity contribution is 0.171. The van der Waals surface area contributed by atoms with Crippen LogP contribution in [0.3, 0.4) is 0 Å². The molecule has 2 N–H and O–H groups in total. The van der Waals surface area contributed by atoms with Crippen LogP contribution in [0.5, 0.6) is 0 Å². The lowest BCUT2D eigenvalue weighted by atomic mass is 10.1. The van der Waals surface area contributed by atoms with Gasteiger partial charge in [-0.15, -0.1) is 0 Å². The molecule has 2 nitrogen and oxygen atoms in total. The van der Waals surface area contributed by atoms with Gasteiger partial charge < -0.3 is 10.4 Å². The molecule has 0 bridgehead atoms. The van der Waals surface area contributed by atoms with E-state index in [0.29, 0.717) is 6.04 Å². The van der Waals surface area contributed by atoms with E-state index in [1.165, 1.54) is 12.8 Å². The highest BCUT2D eigenvalue weighted by Gasteiger charge is 2.14. The summed E-state index contributed by atoms with van der Waals surface area (Å²) in [6.45, 7) is 6.98. The van der Waals surface area contributed by atoms with Crippen LogP contribution < -0.4 is 5.32 Å². The molecule has 0 aliphatic carbocycles. The van der Waals surface area contributed by atoms with E-state index in [2.05, 4.69) is 5.32 Å². The topological polar surface area (TPSA) is 32.3 Å². The number of aliphatic hydroxyl groups is 1. The van der Waals surface area contributed by atoms with Crippen molar-refractivity contribution in [2.75, 3.05) is 6.54 Å². The van der Waals surface area contributed by atoms with Gasteiger partial charge in [0, 0.05) is 6.04 Å². The van der Waals surface area contributed by atoms with Gasteiger partial charge in [-0.1, -0.05) is 13.8 Å². The van der Waals surface area contributed by atoms with Crippen LogP contribution in [-0.4, -0.2) is 23.8 Å². The summed E-state index contributed by atoms with van der Waals surface area (Å²) in [6, 6.07) is 0.588. The van der Waals surface area contributed by atoms with Gasteiger partial charge in [-0.2, -0.15) is 0 Å². The fourth-order valence-electron chi connectivity index (χ4n) is 1.37. The zero-order valence-corrected chi connectivity index (χ0v) is 7.93. The first-order chi connectivity index (χ1) is 5.29. The number of hydrogen-bond acceptors (Lipinski definition) is 2. The van der Waals surface area contributed by atoms with Crippen molar-refractivity contribution in [2.45, 2.75) is 52.2 Å². The number of aliphatic hydroxyl groups excluding tert-OH is 1. The summed E-state index contributed by atoms with van der Waals surface area (Å²) in [6.07, 6.45) is 3.29. The third-order valence-electron chi connectivity index (χ3n) is 1.79. The second-order valence-electron chi connectivity index (χ2n) is 2.88. The van der Waals surface area contributed by atoms with E-state index in [0.717, 1.165) is 13.0 Å². The molecule has 1 heterocycles. The van der Waals surface area contributed by atoms with Crippen molar-refractivity contribution >= 4 is 0 Å². The first kappa shape index (κ1) is 10.9. The Morgan fingerprint density at radius 2 is 2.18 bits per heavy atom. The van der Waals surface area contributed by atoms with Gasteiger partial charge in [-0.25, -0.2) is 0 Å². The second kappa shape index (κ2) is 6.62. The van der Waals surface area contributed by atoms with Gasteiger partial charge in [0.05, 0.1) is 6.10 Å². The van der Waals surface area contributed by atoms with Gasteiger partial charge in [-0.3, -0.25) is 0 Å². The van der Waals surface area contributed by atoms with E-state index < -0.39 is 0 Å². The molecule has 2 heteroatoms. The van der Waals surface area contributed by atoms with Crippen molar-refractivity contribution in [3.63, 3.8) is 0 Å². The fourth-order valence-corrected chi connectivity index (χ4v) is 1.37. The standard InChI is InChI=1S/C7H15NO.C2H6/c1-6(9)5-7-3-2-4-8-7;1-2/h6-9H,2-5H2,1H3;1-2H3. The largest absolute Gasteiger partial charge is 0.393 e. The molecule has 68 valence electrons. The van der Waals surface area contributed by atoms with Crippen molar-refractivity contribution in [3.8, 4) is 0 Å². The van der Waals surface area contributed by atoms with E-state index >= 15 is 0 Å². The smallest absolute Gasteiger partial charge is 0.0526 e. The Labute approximate surface area is 70.0 Å². The summed E-state index contributed by atoms with van der Waals surface area (Å²) >= 11 is 0. The molecule has 0 amide bonds. The lowest BCUT2D eigenvalue weighted by Crippen LogP contribution is -2.25. The molecule has 0 aromatic rings. The normalized spacial score (nSPS) is 25.6. The van der Waals surface area contributed by atoms with Crippen LogP contribution in [0.1, 0.15) is 40.0 Å². The second-order valence-corrected chi connectivity index (χ2v) is 2.88. The minimum atomic E-state index is -0.138. The molecule has 0 aromatic heterocycles. The highest BCUT2D eigenvalue weighted by atomic mass is 16.3. The molecular formula is C9H21NO. The van der Waals surface area contributed by atoms with Crippen LogP contribution in [0.25, 0.3) is 0 Å². The van der Waals surface area contributed by atoms with Crippen molar-refractivity contribution in [2.24, 2.45) is 0 Å². The molecule has 1 aliphatic heterocycles. The van der Waals surface area contributed by atoms with Crippen LogP contribution in [0, 0.1) is 0 Å². The molecule has 1 fully saturated rings. The van der Waals surface area contributed by atoms with E-state index in [4.69, 9.17) is 5.11 Å². The first-order valence-electron chi connectivity index (χ1n) is 4.70. The van der Waals surface area contributed by atoms with Crippen molar-refractivity contribution < 1.29 is 5.11 Å². The summed E-state index contributed by atoms with van der Waals surface area (Å²) in [5, 5.41) is 12.3. The van der Waals surface area contributed by atoms with Crippen molar-refractivity contribution in [1.29, 1.82) is 0 Å². The Bertz CT molecular complexity index is 77.6. The molecule has 2 unspecified atom stereocenters.